The number of ketones is 1. The SMILES string of the molecule is CC1Cc2cc(C(O)=C3C(=O)C(=O)N(c4nnc(SCc5ccccc5Cl)s4)C3c3cccc(OCc4ccccc4)c3)ccc2O1. The molecule has 3 heterocycles. The van der Waals surface area contributed by atoms with Crippen molar-refractivity contribution in [3.8, 4) is 11.5 Å². The number of halogens is 1. The zero-order valence-corrected chi connectivity index (χ0v) is 27.5. The van der Waals surface area contributed by atoms with E-state index >= 15 is 0 Å². The van der Waals surface area contributed by atoms with Gasteiger partial charge >= 0.3 is 5.91 Å². The van der Waals surface area contributed by atoms with Crippen molar-refractivity contribution in [1.29, 1.82) is 0 Å². The molecular formula is C36H28ClN3O5S2. The largest absolute Gasteiger partial charge is 0.507 e. The second-order valence-corrected chi connectivity index (χ2v) is 13.8. The van der Waals surface area contributed by atoms with Gasteiger partial charge in [-0.2, -0.15) is 0 Å². The number of aromatic nitrogens is 2. The normalized spacial score (nSPS) is 18.3. The molecule has 0 aliphatic carbocycles. The molecule has 8 nitrogen and oxygen atoms in total. The summed E-state index contributed by atoms with van der Waals surface area (Å²) in [6.07, 6.45) is 0.683. The number of thioether (sulfide) groups is 1. The first-order valence-electron chi connectivity index (χ1n) is 14.9. The van der Waals surface area contributed by atoms with Crippen LogP contribution in [0.4, 0.5) is 5.13 Å². The third kappa shape index (κ3) is 6.36. The van der Waals surface area contributed by atoms with Crippen LogP contribution in [0.5, 0.6) is 11.5 Å². The summed E-state index contributed by atoms with van der Waals surface area (Å²) in [6.45, 7) is 2.31. The van der Waals surface area contributed by atoms with Gasteiger partial charge < -0.3 is 14.6 Å². The molecule has 0 saturated carbocycles. The van der Waals surface area contributed by atoms with Gasteiger partial charge in [0, 0.05) is 22.8 Å². The molecule has 4 aromatic carbocycles. The number of carbonyl (C=O) groups excluding carboxylic acids is 2. The molecule has 0 spiro atoms. The van der Waals surface area contributed by atoms with E-state index in [1.807, 2.05) is 73.7 Å². The van der Waals surface area contributed by atoms with E-state index in [1.165, 1.54) is 28.0 Å². The highest BCUT2D eigenvalue weighted by Crippen LogP contribution is 2.45. The van der Waals surface area contributed by atoms with Gasteiger partial charge in [0.25, 0.3) is 5.78 Å². The second-order valence-electron chi connectivity index (χ2n) is 11.2. The number of fused-ring (bicyclic) bond motifs is 1. The lowest BCUT2D eigenvalue weighted by atomic mass is 9.94. The van der Waals surface area contributed by atoms with Crippen molar-refractivity contribution >= 4 is 57.3 Å². The van der Waals surface area contributed by atoms with Gasteiger partial charge in [0.15, 0.2) is 4.34 Å². The predicted molar refractivity (Wildman–Crippen MR) is 183 cm³/mol. The second kappa shape index (κ2) is 13.2. The van der Waals surface area contributed by atoms with E-state index < -0.39 is 17.7 Å². The molecule has 1 aromatic heterocycles. The van der Waals surface area contributed by atoms with Gasteiger partial charge in [0.2, 0.25) is 5.13 Å². The topological polar surface area (TPSA) is 102 Å². The van der Waals surface area contributed by atoms with E-state index in [2.05, 4.69) is 10.2 Å². The van der Waals surface area contributed by atoms with Gasteiger partial charge in [-0.25, -0.2) is 0 Å². The van der Waals surface area contributed by atoms with E-state index in [1.54, 1.807) is 30.3 Å². The summed E-state index contributed by atoms with van der Waals surface area (Å²) in [6, 6.07) is 28.8. The molecule has 2 aliphatic heterocycles. The highest BCUT2D eigenvalue weighted by atomic mass is 35.5. The minimum absolute atomic E-state index is 0.00832. The maximum absolute atomic E-state index is 13.8. The Balaban J connectivity index is 1.26. The number of aliphatic hydroxyl groups is 1. The van der Waals surface area contributed by atoms with E-state index in [-0.39, 0.29) is 22.6 Å². The number of benzene rings is 4. The van der Waals surface area contributed by atoms with E-state index in [0.29, 0.717) is 45.0 Å². The molecule has 7 rings (SSSR count). The molecule has 2 aliphatic rings. The van der Waals surface area contributed by atoms with Crippen LogP contribution in [0.2, 0.25) is 5.02 Å². The van der Waals surface area contributed by atoms with Gasteiger partial charge in [0.05, 0.1) is 11.6 Å². The number of hydrogen-bond donors (Lipinski definition) is 1. The standard InChI is InChI=1S/C36H28ClN3O5S2/c1-21-16-26-17-24(14-15-29(26)45-21)32(41)30-31(23-11-7-12-27(18-23)44-19-22-8-3-2-4-9-22)40(34(43)33(30)42)35-38-39-36(47-35)46-20-25-10-5-6-13-28(25)37/h2-15,17-18,21,31,41H,16,19-20H2,1H3. The number of hydrogen-bond acceptors (Lipinski definition) is 9. The summed E-state index contributed by atoms with van der Waals surface area (Å²) in [5.74, 6) is -0.0406. The fourth-order valence-electron chi connectivity index (χ4n) is 5.70. The fourth-order valence-corrected chi connectivity index (χ4v) is 7.85. The van der Waals surface area contributed by atoms with E-state index in [4.69, 9.17) is 21.1 Å². The Morgan fingerprint density at radius 1 is 1.02 bits per heavy atom. The first kappa shape index (κ1) is 31.0. The van der Waals surface area contributed by atoms with Crippen LogP contribution < -0.4 is 14.4 Å². The van der Waals surface area contributed by atoms with Crippen molar-refractivity contribution in [1.82, 2.24) is 10.2 Å². The van der Waals surface area contributed by atoms with Crippen molar-refractivity contribution in [2.45, 2.75) is 42.2 Å². The Bertz CT molecular complexity index is 2010. The number of Topliss-reactive ketones (excluding diaryl/α,β-unsaturated/α-hetero) is 1. The quantitative estimate of drug-likeness (QED) is 0.0549. The number of aliphatic hydroxyl groups excluding tert-OH is 1. The van der Waals surface area contributed by atoms with Crippen LogP contribution in [0.1, 0.15) is 40.8 Å². The number of amides is 1. The molecule has 0 radical (unpaired) electrons. The molecule has 1 N–H and O–H groups in total. The van der Waals surface area contributed by atoms with Crippen molar-refractivity contribution in [2.24, 2.45) is 0 Å². The Kier molecular flexibility index (Phi) is 8.72. The highest BCUT2D eigenvalue weighted by molar-refractivity contribution is 8.00. The molecule has 236 valence electrons. The van der Waals surface area contributed by atoms with Crippen LogP contribution in [0.15, 0.2) is 107 Å². The van der Waals surface area contributed by atoms with E-state index in [0.717, 1.165) is 22.4 Å². The number of nitrogens with zero attached hydrogens (tertiary/aromatic N) is 3. The van der Waals surface area contributed by atoms with Gasteiger partial charge in [0.1, 0.15) is 30.0 Å². The predicted octanol–water partition coefficient (Wildman–Crippen LogP) is 8.01. The monoisotopic (exact) mass is 681 g/mol. The highest BCUT2D eigenvalue weighted by Gasteiger charge is 2.48. The average molecular weight is 682 g/mol. The molecular weight excluding hydrogens is 654 g/mol. The number of carbonyl (C=O) groups is 2. The molecule has 47 heavy (non-hydrogen) atoms. The number of rotatable bonds is 9. The van der Waals surface area contributed by atoms with Gasteiger partial charge in [-0.1, -0.05) is 95.4 Å². The van der Waals surface area contributed by atoms with Gasteiger partial charge in [-0.15, -0.1) is 10.2 Å². The molecule has 0 bridgehead atoms. The first-order chi connectivity index (χ1) is 22.9. The molecule has 1 fully saturated rings. The van der Waals surface area contributed by atoms with Gasteiger partial charge in [-0.3, -0.25) is 14.5 Å². The summed E-state index contributed by atoms with van der Waals surface area (Å²) < 4.78 is 12.5. The Labute approximate surface area is 284 Å². The minimum atomic E-state index is -0.979. The van der Waals surface area contributed by atoms with Crippen LogP contribution in [0, 0.1) is 0 Å². The number of anilines is 1. The van der Waals surface area contributed by atoms with Crippen LogP contribution in [-0.2, 0) is 28.4 Å². The zero-order valence-electron chi connectivity index (χ0n) is 25.1. The smallest absolute Gasteiger partial charge is 0.301 e. The minimum Gasteiger partial charge on any atom is -0.507 e. The molecule has 2 atom stereocenters. The Morgan fingerprint density at radius 2 is 1.83 bits per heavy atom. The van der Waals surface area contributed by atoms with Crippen LogP contribution in [0.3, 0.4) is 0 Å². The first-order valence-corrected chi connectivity index (χ1v) is 17.1. The maximum atomic E-state index is 13.8. The molecule has 5 aromatic rings. The Hall–Kier alpha value is -4.64. The molecule has 1 saturated heterocycles. The Morgan fingerprint density at radius 3 is 2.66 bits per heavy atom. The molecule has 11 heteroatoms. The number of ether oxygens (including phenoxy) is 2. The molecule has 2 unspecified atom stereocenters. The van der Waals surface area contributed by atoms with Crippen molar-refractivity contribution in [3.05, 3.63) is 135 Å². The van der Waals surface area contributed by atoms with Crippen molar-refractivity contribution in [2.75, 3.05) is 4.90 Å². The van der Waals surface area contributed by atoms with Crippen molar-refractivity contribution in [3.63, 3.8) is 0 Å². The van der Waals surface area contributed by atoms with Crippen LogP contribution in [-0.4, -0.2) is 33.1 Å². The summed E-state index contributed by atoms with van der Waals surface area (Å²) in [7, 11) is 0. The van der Waals surface area contributed by atoms with Crippen LogP contribution in [0.25, 0.3) is 5.76 Å². The summed E-state index contributed by atoms with van der Waals surface area (Å²) in [5.41, 5.74) is 3.83. The average Bonchev–Trinajstić information content (AvgIpc) is 3.78. The van der Waals surface area contributed by atoms with Crippen molar-refractivity contribution < 1.29 is 24.2 Å². The maximum Gasteiger partial charge on any atom is 0.301 e. The fraction of sp³-hybridized carbons (Fsp3) is 0.167. The lowest BCUT2D eigenvalue weighted by molar-refractivity contribution is -0.132. The van der Waals surface area contributed by atoms with Gasteiger partial charge in [-0.05, 0) is 65.6 Å². The lowest BCUT2D eigenvalue weighted by Gasteiger charge is -2.23. The molecule has 1 amide bonds. The summed E-state index contributed by atoms with van der Waals surface area (Å²) >= 11 is 8.97. The summed E-state index contributed by atoms with van der Waals surface area (Å²) in [4.78, 5) is 28.9. The third-order valence-corrected chi connectivity index (χ3v) is 10.4. The third-order valence-electron chi connectivity index (χ3n) is 7.95. The summed E-state index contributed by atoms with van der Waals surface area (Å²) in [5, 5.41) is 21.3. The van der Waals surface area contributed by atoms with Crippen LogP contribution >= 0.6 is 34.7 Å². The van der Waals surface area contributed by atoms with E-state index in [9.17, 15) is 14.7 Å². The zero-order chi connectivity index (χ0) is 32.5. The lowest BCUT2D eigenvalue weighted by Crippen LogP contribution is -2.29.